The van der Waals surface area contributed by atoms with Gasteiger partial charge >= 0.3 is 0 Å². The lowest BCUT2D eigenvalue weighted by Gasteiger charge is -2.61. The van der Waals surface area contributed by atoms with Crippen LogP contribution in [0.15, 0.2) is 46.2 Å². The van der Waals surface area contributed by atoms with Gasteiger partial charge in [0, 0.05) is 42.4 Å². The van der Waals surface area contributed by atoms with Crippen molar-refractivity contribution in [1.29, 1.82) is 0 Å². The van der Waals surface area contributed by atoms with Gasteiger partial charge in [0.25, 0.3) is 5.56 Å². The second kappa shape index (κ2) is 12.5. The van der Waals surface area contributed by atoms with E-state index < -0.39 is 0 Å². The van der Waals surface area contributed by atoms with E-state index in [-0.39, 0.29) is 36.1 Å². The van der Waals surface area contributed by atoms with Crippen molar-refractivity contribution in [2.24, 2.45) is 28.2 Å². The van der Waals surface area contributed by atoms with Gasteiger partial charge < -0.3 is 26.0 Å². The van der Waals surface area contributed by atoms with Gasteiger partial charge in [0.15, 0.2) is 5.96 Å². The number of nitrogens with zero attached hydrogens (tertiary/aromatic N) is 4. The van der Waals surface area contributed by atoms with Crippen LogP contribution in [0.25, 0.3) is 10.9 Å². The van der Waals surface area contributed by atoms with Crippen molar-refractivity contribution in [2.45, 2.75) is 58.7 Å². The van der Waals surface area contributed by atoms with Crippen molar-refractivity contribution < 1.29 is 9.90 Å². The first-order valence-corrected chi connectivity index (χ1v) is 16.4. The number of amides is 1. The number of likely N-dealkylation sites (N-methyl/N-ethyl adjacent to an activating group) is 1. The second-order valence-corrected chi connectivity index (χ2v) is 14.1. The maximum Gasteiger partial charge on any atom is 0.262 e. The van der Waals surface area contributed by atoms with Crippen LogP contribution in [0, 0.1) is 23.2 Å². The van der Waals surface area contributed by atoms with Crippen LogP contribution >= 0.6 is 23.2 Å². The number of carbonyl (C=O) groups excluding carboxylic acids is 1. The summed E-state index contributed by atoms with van der Waals surface area (Å²) in [4.78, 5) is 38.0. The molecule has 2 heterocycles. The Labute approximate surface area is 273 Å². The number of aliphatic imine (C=N–C) groups is 1. The molecule has 1 amide bonds. The van der Waals surface area contributed by atoms with E-state index in [1.165, 1.54) is 11.0 Å². The van der Waals surface area contributed by atoms with E-state index in [1.54, 1.807) is 25.2 Å². The van der Waals surface area contributed by atoms with Crippen molar-refractivity contribution in [2.75, 3.05) is 37.3 Å². The molecule has 4 fully saturated rings. The number of hydrogen-bond donors (Lipinski definition) is 4. The number of likely N-dealkylation sites (tertiary alicyclic amines) is 1. The van der Waals surface area contributed by atoms with Gasteiger partial charge in [-0.2, -0.15) is 0 Å². The molecule has 0 radical (unpaired) electrons. The van der Waals surface area contributed by atoms with Crippen molar-refractivity contribution in [3.05, 3.63) is 62.4 Å². The van der Waals surface area contributed by atoms with Crippen LogP contribution in [-0.2, 0) is 17.8 Å². The fraction of sp³-hybridized carbons (Fsp3) is 0.515. The van der Waals surface area contributed by atoms with Gasteiger partial charge in [0.1, 0.15) is 0 Å². The maximum atomic E-state index is 13.8. The molecule has 45 heavy (non-hydrogen) atoms. The number of fused-ring (bicyclic) bond motifs is 3. The second-order valence-electron chi connectivity index (χ2n) is 13.3. The van der Waals surface area contributed by atoms with Crippen molar-refractivity contribution in [1.82, 2.24) is 19.8 Å². The largest absolute Gasteiger partial charge is 0.389 e. The predicted octanol–water partition coefficient (Wildman–Crippen LogP) is 4.62. The van der Waals surface area contributed by atoms with Gasteiger partial charge in [-0.15, -0.1) is 0 Å². The minimum atomic E-state index is -0.374. The Morgan fingerprint density at radius 3 is 2.60 bits per heavy atom. The minimum absolute atomic E-state index is 0.0411. The number of aliphatic hydroxyl groups excluding tert-OH is 1. The first kappa shape index (κ1) is 31.6. The lowest BCUT2D eigenvalue weighted by molar-refractivity contribution is -0.118. The molecule has 2 aromatic carbocycles. The lowest BCUT2D eigenvalue weighted by atomic mass is 9.45. The number of rotatable bonds is 8. The predicted molar refractivity (Wildman–Crippen MR) is 180 cm³/mol. The molecule has 4 aliphatic rings. The zero-order chi connectivity index (χ0) is 32.0. The Balaban J connectivity index is 1.30. The molecule has 3 aliphatic carbocycles. The van der Waals surface area contributed by atoms with Crippen LogP contribution in [-0.4, -0.2) is 70.3 Å². The molecule has 240 valence electrons. The van der Waals surface area contributed by atoms with E-state index in [1.807, 2.05) is 18.2 Å². The molecule has 7 rings (SSSR count). The van der Waals surface area contributed by atoms with E-state index >= 15 is 0 Å². The van der Waals surface area contributed by atoms with Crippen LogP contribution in [0.4, 0.5) is 11.6 Å². The van der Waals surface area contributed by atoms with Crippen LogP contribution in [0.1, 0.15) is 39.2 Å². The summed E-state index contributed by atoms with van der Waals surface area (Å²) >= 11 is 12.5. The normalized spacial score (nSPS) is 24.2. The standard InChI is InChI=1S/C33H41Cl2N7O3/c1-18-25-11-20(33(25,2)3)12-27(18)39-32(41-16-23(43)17-41)38-22-7-8-24-28(14-22)40-31(37-15-29(44)36-4)42(30(24)45)10-9-19-5-6-21(34)13-26(19)35/h5-8,13-14,18,20,23,25,27,43H,9-12,15-17H2,1-4H3,(H,36,44)(H,37,40)(H,38,39)/t18?,20-,25+,27-/m0/s1. The quantitative estimate of drug-likeness (QED) is 0.207. The molecule has 4 N–H and O–H groups in total. The number of benzene rings is 2. The topological polar surface area (TPSA) is 124 Å². The molecule has 2 bridgehead atoms. The number of aliphatic hydroxyl groups is 1. The Bertz CT molecular complexity index is 1700. The Morgan fingerprint density at radius 2 is 1.93 bits per heavy atom. The van der Waals surface area contributed by atoms with E-state index in [0.717, 1.165) is 23.6 Å². The van der Waals surface area contributed by atoms with Crippen molar-refractivity contribution in [3.63, 3.8) is 0 Å². The summed E-state index contributed by atoms with van der Waals surface area (Å²) in [5.74, 6) is 2.61. The van der Waals surface area contributed by atoms with Gasteiger partial charge in [-0.25, -0.2) is 9.98 Å². The van der Waals surface area contributed by atoms with E-state index in [2.05, 4.69) is 41.6 Å². The summed E-state index contributed by atoms with van der Waals surface area (Å²) < 4.78 is 1.54. The molecule has 1 saturated heterocycles. The van der Waals surface area contributed by atoms with Crippen molar-refractivity contribution in [3.8, 4) is 0 Å². The van der Waals surface area contributed by atoms with Gasteiger partial charge in [-0.05, 0) is 78.3 Å². The van der Waals surface area contributed by atoms with Gasteiger partial charge in [-0.3, -0.25) is 14.2 Å². The smallest absolute Gasteiger partial charge is 0.262 e. The van der Waals surface area contributed by atoms with Crippen LogP contribution < -0.4 is 21.5 Å². The average Bonchev–Trinajstić information content (AvgIpc) is 2.98. The van der Waals surface area contributed by atoms with E-state index in [9.17, 15) is 14.7 Å². The highest BCUT2D eigenvalue weighted by Gasteiger charge is 2.56. The van der Waals surface area contributed by atoms with Crippen LogP contribution in [0.3, 0.4) is 0 Å². The molecule has 1 aromatic heterocycles. The Kier molecular flexibility index (Phi) is 8.76. The molecule has 10 nitrogen and oxygen atoms in total. The fourth-order valence-electron chi connectivity index (χ4n) is 7.25. The van der Waals surface area contributed by atoms with Crippen LogP contribution in [0.5, 0.6) is 0 Å². The molecule has 3 aromatic rings. The number of aromatic nitrogens is 2. The lowest BCUT2D eigenvalue weighted by Crippen LogP contribution is -2.58. The third-order valence-electron chi connectivity index (χ3n) is 10.3. The summed E-state index contributed by atoms with van der Waals surface area (Å²) in [6.07, 6.45) is 2.44. The number of β-amino-alcohol motifs (C(OH)–C–C–N with tert-alkyl or cyclic N) is 1. The zero-order valence-corrected chi connectivity index (χ0v) is 27.6. The molecule has 12 heteroatoms. The summed E-state index contributed by atoms with van der Waals surface area (Å²) in [6, 6.07) is 11.0. The minimum Gasteiger partial charge on any atom is -0.389 e. The summed E-state index contributed by atoms with van der Waals surface area (Å²) in [7, 11) is 1.56. The van der Waals surface area contributed by atoms with Gasteiger partial charge in [-0.1, -0.05) is 50.0 Å². The summed E-state index contributed by atoms with van der Waals surface area (Å²) in [6.45, 7) is 8.38. The van der Waals surface area contributed by atoms with Crippen LogP contribution in [0.2, 0.25) is 10.0 Å². The van der Waals surface area contributed by atoms with E-state index in [0.29, 0.717) is 70.2 Å². The van der Waals surface area contributed by atoms with E-state index in [4.69, 9.17) is 33.2 Å². The third kappa shape index (κ3) is 6.24. The molecular weight excluding hydrogens is 613 g/mol. The molecule has 1 aliphatic heterocycles. The number of anilines is 2. The molecule has 0 spiro atoms. The first-order chi connectivity index (χ1) is 21.4. The van der Waals surface area contributed by atoms with Gasteiger partial charge in [0.05, 0.1) is 29.6 Å². The summed E-state index contributed by atoms with van der Waals surface area (Å²) in [5, 5.41) is 20.7. The molecular formula is C33H41Cl2N7O3. The monoisotopic (exact) mass is 653 g/mol. The Hall–Kier alpha value is -3.34. The molecule has 4 atom stereocenters. The number of aryl methyl sites for hydroxylation is 1. The number of carbonyl (C=O) groups is 1. The highest BCUT2D eigenvalue weighted by molar-refractivity contribution is 6.35. The van der Waals surface area contributed by atoms with Crippen molar-refractivity contribution >= 4 is 57.6 Å². The SMILES string of the molecule is CNC(=O)CNc1nc2cc(N/C(=N/[C@H]3C[C@@H]4C[C@H](C3C)C4(C)C)N3CC(O)C3)ccc2c(=O)n1CCc1ccc(Cl)cc1Cl. The van der Waals surface area contributed by atoms with Gasteiger partial charge in [0.2, 0.25) is 11.9 Å². The third-order valence-corrected chi connectivity index (χ3v) is 10.9. The fourth-order valence-corrected chi connectivity index (χ4v) is 7.75. The first-order valence-electron chi connectivity index (χ1n) is 15.7. The number of nitrogens with one attached hydrogen (secondary N) is 3. The zero-order valence-electron chi connectivity index (χ0n) is 26.1. The summed E-state index contributed by atoms with van der Waals surface area (Å²) in [5.41, 5.74) is 2.22. The maximum absolute atomic E-state index is 13.8. The number of hydrogen-bond acceptors (Lipinski definition) is 6. The molecule has 1 unspecified atom stereocenters. The number of halogens is 2. The highest BCUT2D eigenvalue weighted by Crippen LogP contribution is 2.61. The average molecular weight is 655 g/mol. The highest BCUT2D eigenvalue weighted by atomic mass is 35.5. The number of guanidine groups is 1. The molecule has 3 saturated carbocycles. The Morgan fingerprint density at radius 1 is 1.16 bits per heavy atom.